The van der Waals surface area contributed by atoms with E-state index < -0.39 is 0 Å². The first-order valence-electron chi connectivity index (χ1n) is 7.57. The Bertz CT molecular complexity index is 382. The fourth-order valence-corrected chi connectivity index (χ4v) is 1.74. The molecule has 0 aromatic carbocycles. The second kappa shape index (κ2) is 9.53. The molecule has 0 bridgehead atoms. The topological polar surface area (TPSA) is 59.1 Å². The van der Waals surface area contributed by atoms with E-state index in [1.54, 1.807) is 0 Å². The highest BCUT2D eigenvalue weighted by Gasteiger charge is 2.01. The number of aromatic nitrogens is 2. The van der Waals surface area contributed by atoms with Crippen molar-refractivity contribution in [1.29, 1.82) is 0 Å². The van der Waals surface area contributed by atoms with Crippen LogP contribution < -0.4 is 10.6 Å². The maximum atomic E-state index is 5.51. The number of unbranched alkanes of at least 4 members (excludes halogenated alkanes) is 1. The van der Waals surface area contributed by atoms with Gasteiger partial charge in [0.15, 0.2) is 0 Å². The first-order chi connectivity index (χ1) is 9.61. The summed E-state index contributed by atoms with van der Waals surface area (Å²) < 4.78 is 5.51. The summed E-state index contributed by atoms with van der Waals surface area (Å²) in [7, 11) is 0. The summed E-state index contributed by atoms with van der Waals surface area (Å²) in [5.74, 6) is 1.60. The number of hydrogen-bond donors (Lipinski definition) is 2. The minimum Gasteiger partial charge on any atom is -0.379 e. The summed E-state index contributed by atoms with van der Waals surface area (Å²) >= 11 is 0. The lowest BCUT2D eigenvalue weighted by Gasteiger charge is -2.10. The van der Waals surface area contributed by atoms with Crippen LogP contribution in [0.15, 0.2) is 6.07 Å². The molecule has 0 fully saturated rings. The molecule has 0 atom stereocenters. The molecule has 1 heterocycles. The van der Waals surface area contributed by atoms with E-state index in [0.717, 1.165) is 50.5 Å². The second-order valence-corrected chi connectivity index (χ2v) is 5.20. The van der Waals surface area contributed by atoms with Crippen LogP contribution in [0.4, 0.5) is 11.8 Å². The van der Waals surface area contributed by atoms with Gasteiger partial charge in [-0.05, 0) is 40.0 Å². The average Bonchev–Trinajstić information content (AvgIpc) is 2.39. The average molecular weight is 280 g/mol. The van der Waals surface area contributed by atoms with Crippen LogP contribution >= 0.6 is 0 Å². The maximum Gasteiger partial charge on any atom is 0.224 e. The summed E-state index contributed by atoms with van der Waals surface area (Å²) in [6, 6.07) is 1.97. The van der Waals surface area contributed by atoms with Crippen molar-refractivity contribution in [3.63, 3.8) is 0 Å². The van der Waals surface area contributed by atoms with Crippen LogP contribution in [0.3, 0.4) is 0 Å². The van der Waals surface area contributed by atoms with Gasteiger partial charge in [-0.25, -0.2) is 4.98 Å². The van der Waals surface area contributed by atoms with Crippen LogP contribution in [0.5, 0.6) is 0 Å². The molecule has 114 valence electrons. The second-order valence-electron chi connectivity index (χ2n) is 5.20. The molecule has 5 heteroatoms. The summed E-state index contributed by atoms with van der Waals surface area (Å²) in [5, 5.41) is 6.56. The van der Waals surface area contributed by atoms with Gasteiger partial charge < -0.3 is 15.4 Å². The van der Waals surface area contributed by atoms with Gasteiger partial charge in [0.1, 0.15) is 5.82 Å². The molecule has 2 N–H and O–H groups in total. The molecule has 5 nitrogen and oxygen atoms in total. The van der Waals surface area contributed by atoms with Crippen LogP contribution in [0, 0.1) is 6.92 Å². The van der Waals surface area contributed by atoms with Gasteiger partial charge in [0, 0.05) is 31.5 Å². The lowest BCUT2D eigenvalue weighted by molar-refractivity contribution is 0.0765. The van der Waals surface area contributed by atoms with Crippen molar-refractivity contribution in [2.45, 2.75) is 53.1 Å². The van der Waals surface area contributed by atoms with Crippen molar-refractivity contribution in [3.8, 4) is 0 Å². The van der Waals surface area contributed by atoms with Crippen molar-refractivity contribution in [2.24, 2.45) is 0 Å². The number of ether oxygens (including phenoxy) is 1. The van der Waals surface area contributed by atoms with E-state index in [2.05, 4.69) is 41.4 Å². The van der Waals surface area contributed by atoms with Gasteiger partial charge in [0.2, 0.25) is 5.95 Å². The van der Waals surface area contributed by atoms with E-state index in [4.69, 9.17) is 4.74 Å². The molecule has 1 aromatic rings. The van der Waals surface area contributed by atoms with Gasteiger partial charge in [0.05, 0.1) is 6.10 Å². The quantitative estimate of drug-likeness (QED) is 0.644. The van der Waals surface area contributed by atoms with Crippen LogP contribution in [0.1, 0.15) is 45.7 Å². The van der Waals surface area contributed by atoms with Gasteiger partial charge in [-0.15, -0.1) is 0 Å². The molecule has 0 aliphatic rings. The Labute approximate surface area is 122 Å². The number of aryl methyl sites for hydroxylation is 1. The molecule has 0 amide bonds. The molecule has 1 aromatic heterocycles. The zero-order valence-electron chi connectivity index (χ0n) is 13.2. The van der Waals surface area contributed by atoms with Crippen molar-refractivity contribution in [1.82, 2.24) is 9.97 Å². The minimum atomic E-state index is 0.319. The third-order valence-electron chi connectivity index (χ3n) is 2.72. The fourth-order valence-electron chi connectivity index (χ4n) is 1.74. The molecular formula is C15H28N4O. The van der Waals surface area contributed by atoms with Crippen molar-refractivity contribution >= 4 is 11.8 Å². The first-order valence-corrected chi connectivity index (χ1v) is 7.57. The highest BCUT2D eigenvalue weighted by molar-refractivity contribution is 5.41. The van der Waals surface area contributed by atoms with Gasteiger partial charge in [-0.2, -0.15) is 4.98 Å². The van der Waals surface area contributed by atoms with Gasteiger partial charge >= 0.3 is 0 Å². The van der Waals surface area contributed by atoms with Crippen molar-refractivity contribution < 1.29 is 4.74 Å². The van der Waals surface area contributed by atoms with Crippen molar-refractivity contribution in [2.75, 3.05) is 30.3 Å². The minimum absolute atomic E-state index is 0.319. The number of rotatable bonds is 10. The lowest BCUT2D eigenvalue weighted by Crippen LogP contribution is -2.10. The third kappa shape index (κ3) is 7.28. The van der Waals surface area contributed by atoms with Crippen molar-refractivity contribution in [3.05, 3.63) is 11.8 Å². The van der Waals surface area contributed by atoms with Crippen LogP contribution in [-0.2, 0) is 4.74 Å². The molecule has 0 aliphatic carbocycles. The first kappa shape index (κ1) is 16.7. The standard InChI is InChI=1S/C15H28N4O/c1-5-8-17-15-18-13(4)11-14(19-15)16-9-6-7-10-20-12(2)3/h11-12H,5-10H2,1-4H3,(H2,16,17,18,19). The predicted molar refractivity (Wildman–Crippen MR) is 84.4 cm³/mol. The number of nitrogens with zero attached hydrogens (tertiary/aromatic N) is 2. The highest BCUT2D eigenvalue weighted by atomic mass is 16.5. The lowest BCUT2D eigenvalue weighted by atomic mass is 10.3. The van der Waals surface area contributed by atoms with Gasteiger partial charge in [-0.1, -0.05) is 6.92 Å². The SMILES string of the molecule is CCCNc1nc(C)cc(NCCCCOC(C)C)n1. The van der Waals surface area contributed by atoms with Crippen LogP contribution in [0.25, 0.3) is 0 Å². The van der Waals surface area contributed by atoms with E-state index in [1.807, 2.05) is 13.0 Å². The maximum absolute atomic E-state index is 5.51. The van der Waals surface area contributed by atoms with E-state index in [0.29, 0.717) is 12.1 Å². The Morgan fingerprint density at radius 1 is 1.15 bits per heavy atom. The Morgan fingerprint density at radius 3 is 2.65 bits per heavy atom. The van der Waals surface area contributed by atoms with E-state index in [1.165, 1.54) is 0 Å². The summed E-state index contributed by atoms with van der Waals surface area (Å²) in [6.07, 6.45) is 3.53. The van der Waals surface area contributed by atoms with Gasteiger partial charge in [0.25, 0.3) is 0 Å². The predicted octanol–water partition coefficient (Wildman–Crippen LogP) is 3.22. The summed E-state index contributed by atoms with van der Waals surface area (Å²) in [6.45, 7) is 10.9. The van der Waals surface area contributed by atoms with E-state index in [-0.39, 0.29) is 0 Å². The molecule has 20 heavy (non-hydrogen) atoms. The van der Waals surface area contributed by atoms with Gasteiger partial charge in [-0.3, -0.25) is 0 Å². The Morgan fingerprint density at radius 2 is 1.95 bits per heavy atom. The Kier molecular flexibility index (Phi) is 7.95. The van der Waals surface area contributed by atoms with Crippen LogP contribution in [-0.4, -0.2) is 35.8 Å². The Balaban J connectivity index is 2.30. The highest BCUT2D eigenvalue weighted by Crippen LogP contribution is 2.09. The molecule has 0 aliphatic heterocycles. The smallest absolute Gasteiger partial charge is 0.224 e. The number of nitrogens with one attached hydrogen (secondary N) is 2. The molecular weight excluding hydrogens is 252 g/mol. The third-order valence-corrected chi connectivity index (χ3v) is 2.72. The Hall–Kier alpha value is -1.36. The zero-order chi connectivity index (χ0) is 14.8. The monoisotopic (exact) mass is 280 g/mol. The largest absolute Gasteiger partial charge is 0.379 e. The number of hydrogen-bond acceptors (Lipinski definition) is 5. The van der Waals surface area contributed by atoms with E-state index in [9.17, 15) is 0 Å². The molecule has 0 saturated carbocycles. The fraction of sp³-hybridized carbons (Fsp3) is 0.733. The summed E-state index contributed by atoms with van der Waals surface area (Å²) in [5.41, 5.74) is 0.976. The summed E-state index contributed by atoms with van der Waals surface area (Å²) in [4.78, 5) is 8.82. The number of anilines is 2. The van der Waals surface area contributed by atoms with Crippen LogP contribution in [0.2, 0.25) is 0 Å². The normalized spacial score (nSPS) is 10.8. The zero-order valence-corrected chi connectivity index (χ0v) is 13.2. The molecule has 0 spiro atoms. The molecule has 0 unspecified atom stereocenters. The molecule has 0 radical (unpaired) electrons. The molecule has 1 rings (SSSR count). The molecule has 0 saturated heterocycles. The van der Waals surface area contributed by atoms with E-state index >= 15 is 0 Å².